The molecule has 0 radical (unpaired) electrons. The van der Waals surface area contributed by atoms with Crippen LogP contribution in [0.5, 0.6) is 0 Å². The highest BCUT2D eigenvalue weighted by Gasteiger charge is 2.23. The van der Waals surface area contributed by atoms with Crippen molar-refractivity contribution in [3.63, 3.8) is 0 Å². The summed E-state index contributed by atoms with van der Waals surface area (Å²) in [5, 5.41) is 8.71. The number of benzene rings is 2. The van der Waals surface area contributed by atoms with Gasteiger partial charge in [0.1, 0.15) is 11.3 Å². The van der Waals surface area contributed by atoms with Crippen molar-refractivity contribution in [1.82, 2.24) is 34.0 Å². The summed E-state index contributed by atoms with van der Waals surface area (Å²) in [6.07, 6.45) is 6.74. The smallest absolute Gasteiger partial charge is 0.264 e. The molecule has 9 heteroatoms. The highest BCUT2D eigenvalue weighted by molar-refractivity contribution is 6.01. The van der Waals surface area contributed by atoms with E-state index in [0.717, 1.165) is 11.1 Å². The first-order valence-corrected chi connectivity index (χ1v) is 12.8. The van der Waals surface area contributed by atoms with Crippen molar-refractivity contribution in [3.05, 3.63) is 124 Å². The van der Waals surface area contributed by atoms with Gasteiger partial charge in [0, 0.05) is 36.4 Å². The largest absolute Gasteiger partial charge is 0.344 e. The Kier molecular flexibility index (Phi) is 6.21. The van der Waals surface area contributed by atoms with Crippen LogP contribution in [-0.4, -0.2) is 34.6 Å². The molecule has 0 aliphatic heterocycles. The van der Waals surface area contributed by atoms with Gasteiger partial charge >= 0.3 is 0 Å². The fourth-order valence-electron chi connectivity index (χ4n) is 4.86. The second-order valence-corrected chi connectivity index (χ2v) is 9.50. The van der Waals surface area contributed by atoms with E-state index in [1.165, 1.54) is 0 Å². The van der Waals surface area contributed by atoms with Gasteiger partial charge in [-0.05, 0) is 55.5 Å². The Balaban J connectivity index is 1.48. The maximum Gasteiger partial charge on any atom is 0.264 e. The molecule has 4 heterocycles. The lowest BCUT2D eigenvalue weighted by molar-refractivity contribution is 0.0939. The number of amides is 1. The molecule has 1 N–H and O–H groups in total. The number of para-hydroxylation sites is 1. The second kappa shape index (κ2) is 10.0. The molecule has 0 saturated carbocycles. The van der Waals surface area contributed by atoms with Crippen molar-refractivity contribution in [2.24, 2.45) is 7.05 Å². The molecule has 196 valence electrons. The third-order valence-electron chi connectivity index (χ3n) is 6.82. The lowest BCUT2D eigenvalue weighted by Crippen LogP contribution is -2.32. The lowest BCUT2D eigenvalue weighted by Gasteiger charge is -2.21. The van der Waals surface area contributed by atoms with Crippen molar-refractivity contribution in [1.29, 1.82) is 0 Å². The Morgan fingerprint density at radius 3 is 2.65 bits per heavy atom. The highest BCUT2D eigenvalue weighted by Crippen LogP contribution is 2.24. The second-order valence-electron chi connectivity index (χ2n) is 9.50. The van der Waals surface area contributed by atoms with Crippen LogP contribution in [0.2, 0.25) is 0 Å². The Bertz CT molecular complexity index is 2020. The van der Waals surface area contributed by atoms with Crippen molar-refractivity contribution < 1.29 is 4.79 Å². The Hall–Kier alpha value is -5.49. The molecular weight excluding hydrogens is 502 g/mol. The normalized spacial score (nSPS) is 11.8. The summed E-state index contributed by atoms with van der Waals surface area (Å²) in [5.74, 6) is 5.96. The molecule has 1 amide bonds. The van der Waals surface area contributed by atoms with Crippen molar-refractivity contribution >= 4 is 22.3 Å². The summed E-state index contributed by atoms with van der Waals surface area (Å²) in [6.45, 7) is 3.64. The van der Waals surface area contributed by atoms with Crippen LogP contribution in [0.3, 0.4) is 0 Å². The SMILES string of the molecule is Cc1nn2cccnc2c1C(=O)N[C@H](C)c1cc2cccc(C#Cc3cncn3C)c2c(=O)n1-c1ccccc1. The summed E-state index contributed by atoms with van der Waals surface area (Å²) in [5.41, 5.74) is 3.90. The van der Waals surface area contributed by atoms with Gasteiger partial charge in [0.15, 0.2) is 5.65 Å². The summed E-state index contributed by atoms with van der Waals surface area (Å²) < 4.78 is 5.05. The molecule has 6 rings (SSSR count). The minimum atomic E-state index is -0.521. The third kappa shape index (κ3) is 4.31. The van der Waals surface area contributed by atoms with E-state index in [2.05, 4.69) is 32.2 Å². The molecule has 40 heavy (non-hydrogen) atoms. The number of nitrogens with one attached hydrogen (secondary N) is 1. The first-order chi connectivity index (χ1) is 19.4. The number of fused-ring (bicyclic) bond motifs is 2. The summed E-state index contributed by atoms with van der Waals surface area (Å²) in [7, 11) is 1.87. The number of aromatic nitrogens is 6. The average molecular weight is 528 g/mol. The minimum absolute atomic E-state index is 0.219. The predicted octanol–water partition coefficient (Wildman–Crippen LogP) is 3.97. The Morgan fingerprint density at radius 2 is 1.88 bits per heavy atom. The molecule has 2 aromatic carbocycles. The van der Waals surface area contributed by atoms with Crippen LogP contribution in [-0.2, 0) is 7.05 Å². The Labute approximate surface area is 229 Å². The maximum atomic E-state index is 14.2. The summed E-state index contributed by atoms with van der Waals surface area (Å²) in [4.78, 5) is 36.1. The van der Waals surface area contributed by atoms with Gasteiger partial charge in [0.2, 0.25) is 0 Å². The standard InChI is InChI=1S/C31H25N7O2/c1-20(34-30(39)27-21(2)35-37-16-8-15-33-29(27)37)26-17-23-10-7-9-22(13-14-25-18-32-19-36(25)3)28(23)31(40)38(26)24-11-5-4-6-12-24/h4-12,15-20H,1-3H3,(H,34,39)/t20-/m1/s1. The van der Waals surface area contributed by atoms with E-state index in [-0.39, 0.29) is 11.5 Å². The number of carbonyl (C=O) groups is 1. The number of imidazole rings is 1. The van der Waals surface area contributed by atoms with Gasteiger partial charge in [0.05, 0.1) is 29.6 Å². The molecule has 6 aromatic rings. The molecule has 4 aromatic heterocycles. The lowest BCUT2D eigenvalue weighted by atomic mass is 10.0. The number of nitrogens with zero attached hydrogens (tertiary/aromatic N) is 6. The monoisotopic (exact) mass is 527 g/mol. The van der Waals surface area contributed by atoms with Gasteiger partial charge in [-0.25, -0.2) is 14.5 Å². The topological polar surface area (TPSA) is 99.1 Å². The van der Waals surface area contributed by atoms with Crippen molar-refractivity contribution in [3.8, 4) is 17.5 Å². The molecule has 0 saturated heterocycles. The zero-order valence-corrected chi connectivity index (χ0v) is 22.2. The van der Waals surface area contributed by atoms with Gasteiger partial charge in [-0.15, -0.1) is 0 Å². The van der Waals surface area contributed by atoms with Crippen LogP contribution < -0.4 is 10.9 Å². The molecule has 0 spiro atoms. The van der Waals surface area contributed by atoms with E-state index < -0.39 is 6.04 Å². The summed E-state index contributed by atoms with van der Waals surface area (Å²) in [6, 6.07) is 18.2. The van der Waals surface area contributed by atoms with Crippen LogP contribution in [0.1, 0.15) is 46.0 Å². The quantitative estimate of drug-likeness (QED) is 0.350. The van der Waals surface area contributed by atoms with Crippen molar-refractivity contribution in [2.75, 3.05) is 0 Å². The zero-order chi connectivity index (χ0) is 27.8. The number of pyridine rings is 1. The van der Waals surface area contributed by atoms with E-state index in [1.807, 2.05) is 73.1 Å². The predicted molar refractivity (Wildman–Crippen MR) is 152 cm³/mol. The molecular formula is C31H25N7O2. The van der Waals surface area contributed by atoms with Crippen LogP contribution in [0.4, 0.5) is 0 Å². The van der Waals surface area contributed by atoms with Crippen LogP contribution in [0.15, 0.2) is 90.4 Å². The zero-order valence-electron chi connectivity index (χ0n) is 22.2. The van der Waals surface area contributed by atoms with Crippen LogP contribution in [0, 0.1) is 18.8 Å². The van der Waals surface area contributed by atoms with E-state index in [9.17, 15) is 9.59 Å². The fourth-order valence-corrected chi connectivity index (χ4v) is 4.86. The van der Waals surface area contributed by atoms with E-state index in [1.54, 1.807) is 47.0 Å². The van der Waals surface area contributed by atoms with Gasteiger partial charge in [-0.1, -0.05) is 36.3 Å². The first-order valence-electron chi connectivity index (χ1n) is 12.8. The van der Waals surface area contributed by atoms with Crippen LogP contribution in [0.25, 0.3) is 22.1 Å². The number of hydrogen-bond donors (Lipinski definition) is 1. The molecule has 0 aliphatic carbocycles. The molecule has 0 bridgehead atoms. The van der Waals surface area contributed by atoms with Gasteiger partial charge in [0.25, 0.3) is 11.5 Å². The van der Waals surface area contributed by atoms with Gasteiger partial charge in [-0.3, -0.25) is 14.2 Å². The van der Waals surface area contributed by atoms with Gasteiger partial charge in [-0.2, -0.15) is 5.10 Å². The first kappa shape index (κ1) is 24.8. The molecule has 9 nitrogen and oxygen atoms in total. The van der Waals surface area contributed by atoms with E-state index >= 15 is 0 Å². The van der Waals surface area contributed by atoms with Crippen LogP contribution >= 0.6 is 0 Å². The van der Waals surface area contributed by atoms with E-state index in [0.29, 0.717) is 39.2 Å². The number of hydrogen-bond acceptors (Lipinski definition) is 5. The molecule has 1 atom stereocenters. The molecule has 0 fully saturated rings. The summed E-state index contributed by atoms with van der Waals surface area (Å²) >= 11 is 0. The fraction of sp³-hybridized carbons (Fsp3) is 0.129. The number of carbonyl (C=O) groups excluding carboxylic acids is 1. The number of rotatable bonds is 4. The average Bonchev–Trinajstić information content (AvgIpc) is 3.53. The Morgan fingerprint density at radius 1 is 1.05 bits per heavy atom. The van der Waals surface area contributed by atoms with Gasteiger partial charge < -0.3 is 9.88 Å². The highest BCUT2D eigenvalue weighted by atomic mass is 16.2. The number of aryl methyl sites for hydroxylation is 2. The minimum Gasteiger partial charge on any atom is -0.344 e. The van der Waals surface area contributed by atoms with Crippen molar-refractivity contribution in [2.45, 2.75) is 19.9 Å². The molecule has 0 unspecified atom stereocenters. The van der Waals surface area contributed by atoms with E-state index in [4.69, 9.17) is 0 Å². The third-order valence-corrected chi connectivity index (χ3v) is 6.82. The maximum absolute atomic E-state index is 14.2. The molecule has 0 aliphatic rings.